The van der Waals surface area contributed by atoms with Crippen LogP contribution < -0.4 is 15.4 Å². The predicted octanol–water partition coefficient (Wildman–Crippen LogP) is 2.48. The molecule has 1 aromatic rings. The molecule has 0 radical (unpaired) electrons. The predicted molar refractivity (Wildman–Crippen MR) is 87.5 cm³/mol. The quantitative estimate of drug-likeness (QED) is 0.815. The molecule has 0 aromatic heterocycles. The fraction of sp³-hybridized carbons (Fsp3) is 0.400. The van der Waals surface area contributed by atoms with Crippen LogP contribution in [0.25, 0.3) is 0 Å². The lowest BCUT2D eigenvalue weighted by atomic mass is 10.1. The molecule has 1 amide bonds. The van der Waals surface area contributed by atoms with Crippen molar-refractivity contribution < 1.29 is 9.53 Å². The Kier molecular flexibility index (Phi) is 7.57. The second-order valence-electron chi connectivity index (χ2n) is 4.74. The molecule has 2 rings (SSSR count). The lowest BCUT2D eigenvalue weighted by molar-refractivity contribution is -0.122. The maximum absolute atomic E-state index is 11.7. The van der Waals surface area contributed by atoms with Gasteiger partial charge in [0.05, 0.1) is 0 Å². The number of benzene rings is 1. The van der Waals surface area contributed by atoms with Crippen LogP contribution >= 0.6 is 24.0 Å². The number of rotatable bonds is 5. The van der Waals surface area contributed by atoms with Crippen LogP contribution in [0.15, 0.2) is 29.8 Å². The van der Waals surface area contributed by atoms with Gasteiger partial charge in [0.2, 0.25) is 0 Å². The summed E-state index contributed by atoms with van der Waals surface area (Å²) >= 11 is 6.00. The van der Waals surface area contributed by atoms with E-state index in [0.717, 1.165) is 25.1 Å². The Bertz CT molecular complexity index is 518. The lowest BCUT2D eigenvalue weighted by Gasteiger charge is -2.15. The second kappa shape index (κ2) is 8.93. The van der Waals surface area contributed by atoms with Crippen molar-refractivity contribution in [1.82, 2.24) is 10.6 Å². The summed E-state index contributed by atoms with van der Waals surface area (Å²) in [6, 6.07) is 5.42. The molecule has 0 spiro atoms. The number of ether oxygens (including phenoxy) is 1. The van der Waals surface area contributed by atoms with Gasteiger partial charge in [-0.2, -0.15) is 0 Å². The summed E-state index contributed by atoms with van der Waals surface area (Å²) in [5.74, 6) is 0.526. The van der Waals surface area contributed by atoms with Crippen LogP contribution in [-0.2, 0) is 4.79 Å². The lowest BCUT2D eigenvalue weighted by Crippen LogP contribution is -2.32. The van der Waals surface area contributed by atoms with Crippen LogP contribution in [0.1, 0.15) is 12.0 Å². The van der Waals surface area contributed by atoms with Crippen LogP contribution in [-0.4, -0.2) is 32.1 Å². The largest absolute Gasteiger partial charge is 0.483 e. The number of hydrogen-bond acceptors (Lipinski definition) is 3. The molecule has 0 saturated carbocycles. The molecular formula is C15H20Cl2N2O2. The van der Waals surface area contributed by atoms with E-state index in [0.29, 0.717) is 17.3 Å². The Morgan fingerprint density at radius 3 is 3.00 bits per heavy atom. The molecule has 21 heavy (non-hydrogen) atoms. The average molecular weight is 331 g/mol. The average Bonchev–Trinajstić information content (AvgIpc) is 2.48. The minimum Gasteiger partial charge on any atom is -0.483 e. The number of halogens is 2. The first kappa shape index (κ1) is 17.8. The Labute approximate surface area is 136 Å². The molecule has 1 heterocycles. The van der Waals surface area contributed by atoms with E-state index in [1.165, 1.54) is 5.57 Å². The van der Waals surface area contributed by atoms with E-state index >= 15 is 0 Å². The minimum absolute atomic E-state index is 0. The Hall–Kier alpha value is -1.23. The maximum Gasteiger partial charge on any atom is 0.258 e. The number of hydrogen-bond donors (Lipinski definition) is 2. The maximum atomic E-state index is 11.7. The van der Waals surface area contributed by atoms with Gasteiger partial charge in [-0.1, -0.05) is 29.3 Å². The molecule has 0 bridgehead atoms. The molecule has 6 heteroatoms. The van der Waals surface area contributed by atoms with Crippen molar-refractivity contribution in [2.75, 3.05) is 26.2 Å². The van der Waals surface area contributed by atoms with Crippen molar-refractivity contribution in [2.45, 2.75) is 13.3 Å². The van der Waals surface area contributed by atoms with Gasteiger partial charge >= 0.3 is 0 Å². The van der Waals surface area contributed by atoms with E-state index in [9.17, 15) is 4.79 Å². The third kappa shape index (κ3) is 5.58. The van der Waals surface area contributed by atoms with E-state index in [-0.39, 0.29) is 24.9 Å². The highest BCUT2D eigenvalue weighted by atomic mass is 35.5. The summed E-state index contributed by atoms with van der Waals surface area (Å²) in [5.41, 5.74) is 2.11. The van der Waals surface area contributed by atoms with Crippen molar-refractivity contribution in [3.63, 3.8) is 0 Å². The summed E-state index contributed by atoms with van der Waals surface area (Å²) < 4.78 is 5.49. The van der Waals surface area contributed by atoms with E-state index in [1.54, 1.807) is 6.07 Å². The number of carbonyl (C=O) groups excluding carboxylic acids is 1. The normalized spacial score (nSPS) is 13.9. The van der Waals surface area contributed by atoms with Crippen molar-refractivity contribution in [3.8, 4) is 5.75 Å². The summed E-state index contributed by atoms with van der Waals surface area (Å²) in [6.45, 7) is 4.32. The van der Waals surface area contributed by atoms with Gasteiger partial charge in [0.1, 0.15) is 5.75 Å². The first-order chi connectivity index (χ1) is 9.66. The topological polar surface area (TPSA) is 50.4 Å². The SMILES string of the molecule is Cc1c(Cl)cccc1OCC(=O)NCC1=CCNCC1.Cl. The first-order valence-corrected chi connectivity index (χ1v) is 7.08. The van der Waals surface area contributed by atoms with E-state index in [2.05, 4.69) is 16.7 Å². The van der Waals surface area contributed by atoms with Crippen LogP contribution in [0.4, 0.5) is 0 Å². The van der Waals surface area contributed by atoms with Gasteiger partial charge < -0.3 is 15.4 Å². The van der Waals surface area contributed by atoms with Crippen LogP contribution in [0.3, 0.4) is 0 Å². The van der Waals surface area contributed by atoms with Gasteiger partial charge in [0, 0.05) is 23.7 Å². The second-order valence-corrected chi connectivity index (χ2v) is 5.15. The van der Waals surface area contributed by atoms with Gasteiger partial charge in [-0.25, -0.2) is 0 Å². The van der Waals surface area contributed by atoms with E-state index < -0.39 is 0 Å². The van der Waals surface area contributed by atoms with E-state index in [1.807, 2.05) is 19.1 Å². The van der Waals surface area contributed by atoms with Crippen molar-refractivity contribution in [1.29, 1.82) is 0 Å². The zero-order chi connectivity index (χ0) is 14.4. The van der Waals surface area contributed by atoms with Crippen molar-refractivity contribution >= 4 is 29.9 Å². The third-order valence-corrected chi connectivity index (χ3v) is 3.66. The zero-order valence-corrected chi connectivity index (χ0v) is 13.5. The van der Waals surface area contributed by atoms with Gasteiger partial charge in [0.15, 0.2) is 6.61 Å². The summed E-state index contributed by atoms with van der Waals surface area (Å²) in [6.07, 6.45) is 3.10. The zero-order valence-electron chi connectivity index (χ0n) is 11.9. The number of carbonyl (C=O) groups is 1. The van der Waals surface area contributed by atoms with Crippen molar-refractivity contribution in [2.24, 2.45) is 0 Å². The minimum atomic E-state index is -0.121. The first-order valence-electron chi connectivity index (χ1n) is 6.70. The molecule has 0 atom stereocenters. The fourth-order valence-electron chi connectivity index (χ4n) is 1.98. The van der Waals surface area contributed by atoms with Crippen LogP contribution in [0.5, 0.6) is 5.75 Å². The van der Waals surface area contributed by atoms with Crippen LogP contribution in [0, 0.1) is 6.92 Å². The molecule has 1 aliphatic rings. The molecule has 2 N–H and O–H groups in total. The highest BCUT2D eigenvalue weighted by molar-refractivity contribution is 6.31. The van der Waals surface area contributed by atoms with E-state index in [4.69, 9.17) is 16.3 Å². The smallest absolute Gasteiger partial charge is 0.258 e. The molecule has 0 aliphatic carbocycles. The molecular weight excluding hydrogens is 311 g/mol. The number of amides is 1. The summed E-state index contributed by atoms with van der Waals surface area (Å²) in [7, 11) is 0. The number of nitrogens with one attached hydrogen (secondary N) is 2. The Morgan fingerprint density at radius 2 is 2.29 bits per heavy atom. The molecule has 116 valence electrons. The third-order valence-electron chi connectivity index (χ3n) is 3.25. The van der Waals surface area contributed by atoms with Gasteiger partial charge in [-0.05, 0) is 32.0 Å². The molecule has 1 aliphatic heterocycles. The molecule has 1 aromatic carbocycles. The van der Waals surface area contributed by atoms with Gasteiger partial charge in [-0.3, -0.25) is 4.79 Å². The monoisotopic (exact) mass is 330 g/mol. The fourth-order valence-corrected chi connectivity index (χ4v) is 2.15. The van der Waals surface area contributed by atoms with Crippen LogP contribution in [0.2, 0.25) is 5.02 Å². The van der Waals surface area contributed by atoms with Crippen molar-refractivity contribution in [3.05, 3.63) is 40.4 Å². The molecule has 0 unspecified atom stereocenters. The molecule has 0 fully saturated rings. The van der Waals surface area contributed by atoms with Gasteiger partial charge in [-0.15, -0.1) is 12.4 Å². The molecule has 0 saturated heterocycles. The Morgan fingerprint density at radius 1 is 1.48 bits per heavy atom. The highest BCUT2D eigenvalue weighted by Crippen LogP contribution is 2.24. The standard InChI is InChI=1S/C15H19ClN2O2.ClH/c1-11-13(16)3-2-4-14(11)20-10-15(19)18-9-12-5-7-17-8-6-12;/h2-5,17H,6-10H2,1H3,(H,18,19);1H. The summed E-state index contributed by atoms with van der Waals surface area (Å²) in [4.78, 5) is 11.7. The Balaban J connectivity index is 0.00000220. The van der Waals surface area contributed by atoms with Gasteiger partial charge in [0.25, 0.3) is 5.91 Å². The summed E-state index contributed by atoms with van der Waals surface area (Å²) in [5, 5.41) is 6.74. The molecule has 4 nitrogen and oxygen atoms in total. The highest BCUT2D eigenvalue weighted by Gasteiger charge is 2.08.